The number of thiocarbonyl (C=S) groups is 1. The summed E-state index contributed by atoms with van der Waals surface area (Å²) in [5, 5.41) is 3.84. The van der Waals surface area contributed by atoms with E-state index in [1.165, 1.54) is 0 Å². The molecule has 0 fully saturated rings. The van der Waals surface area contributed by atoms with Crippen LogP contribution in [0, 0.1) is 0 Å². The third-order valence-electron chi connectivity index (χ3n) is 4.39. The molecule has 0 spiro atoms. The quantitative estimate of drug-likeness (QED) is 0.538. The molecule has 1 aromatic heterocycles. The summed E-state index contributed by atoms with van der Waals surface area (Å²) >= 11 is 5.70. The lowest BCUT2D eigenvalue weighted by Gasteiger charge is -2.26. The third kappa shape index (κ3) is 5.42. The zero-order valence-corrected chi connectivity index (χ0v) is 17.5. The van der Waals surface area contributed by atoms with Crippen molar-refractivity contribution in [2.45, 2.75) is 13.1 Å². The number of benzene rings is 2. The molecule has 0 radical (unpaired) electrons. The molecule has 6 nitrogen and oxygen atoms in total. The molecule has 2 aromatic carbocycles. The van der Waals surface area contributed by atoms with Gasteiger partial charge < -0.3 is 28.8 Å². The van der Waals surface area contributed by atoms with Gasteiger partial charge in [-0.05, 0) is 48.6 Å². The van der Waals surface area contributed by atoms with Gasteiger partial charge in [0.15, 0.2) is 5.11 Å². The lowest BCUT2D eigenvalue weighted by atomic mass is 10.1. The van der Waals surface area contributed by atoms with Gasteiger partial charge in [-0.3, -0.25) is 0 Å². The van der Waals surface area contributed by atoms with Crippen LogP contribution in [0.3, 0.4) is 0 Å². The van der Waals surface area contributed by atoms with Gasteiger partial charge in [0.1, 0.15) is 23.0 Å². The van der Waals surface area contributed by atoms with Crippen LogP contribution < -0.4 is 19.5 Å². The topological polar surface area (TPSA) is 56.1 Å². The number of hydrogen-bond donors (Lipinski definition) is 1. The summed E-state index contributed by atoms with van der Waals surface area (Å²) in [6.45, 7) is 1.04. The van der Waals surface area contributed by atoms with Crippen molar-refractivity contribution in [3.63, 3.8) is 0 Å². The monoisotopic (exact) mass is 412 g/mol. The summed E-state index contributed by atoms with van der Waals surface area (Å²) in [5.41, 5.74) is 1.83. The molecule has 0 saturated carbocycles. The van der Waals surface area contributed by atoms with E-state index in [2.05, 4.69) is 5.32 Å². The average Bonchev–Trinajstić information content (AvgIpc) is 3.26. The van der Waals surface area contributed by atoms with Crippen LogP contribution in [0.1, 0.15) is 11.3 Å². The minimum Gasteiger partial charge on any atom is -0.497 e. The Bertz CT molecular complexity index is 944. The lowest BCUT2D eigenvalue weighted by molar-refractivity contribution is 0.346. The zero-order chi connectivity index (χ0) is 20.6. The molecule has 7 heteroatoms. The molecule has 0 aliphatic carbocycles. The molecule has 29 heavy (non-hydrogen) atoms. The molecular weight excluding hydrogens is 388 g/mol. The molecule has 1 N–H and O–H groups in total. The maximum Gasteiger partial charge on any atom is 0.174 e. The average molecular weight is 413 g/mol. The van der Waals surface area contributed by atoms with Crippen LogP contribution in [0.25, 0.3) is 0 Å². The van der Waals surface area contributed by atoms with E-state index in [0.29, 0.717) is 18.2 Å². The Labute approximate surface area is 176 Å². The molecule has 0 aliphatic heterocycles. The Morgan fingerprint density at radius 1 is 0.931 bits per heavy atom. The number of hydrogen-bond acceptors (Lipinski definition) is 5. The Morgan fingerprint density at radius 3 is 2.41 bits per heavy atom. The highest BCUT2D eigenvalue weighted by Crippen LogP contribution is 2.27. The second-order valence-electron chi connectivity index (χ2n) is 6.28. The van der Waals surface area contributed by atoms with Crippen LogP contribution >= 0.6 is 12.2 Å². The first-order valence-electron chi connectivity index (χ1n) is 9.06. The van der Waals surface area contributed by atoms with Crippen molar-refractivity contribution in [1.29, 1.82) is 0 Å². The molecule has 0 aliphatic rings. The van der Waals surface area contributed by atoms with Crippen molar-refractivity contribution in [2.24, 2.45) is 0 Å². The first-order chi connectivity index (χ1) is 14.1. The summed E-state index contributed by atoms with van der Waals surface area (Å²) in [6.07, 6.45) is 1.65. The fourth-order valence-electron chi connectivity index (χ4n) is 2.88. The number of methoxy groups -OCH3 is 3. The number of anilines is 1. The second kappa shape index (κ2) is 9.84. The van der Waals surface area contributed by atoms with Crippen molar-refractivity contribution in [2.75, 3.05) is 26.6 Å². The Morgan fingerprint density at radius 2 is 1.72 bits per heavy atom. The molecule has 152 valence electrons. The maximum atomic E-state index is 5.70. The molecule has 0 amide bonds. The molecule has 3 rings (SSSR count). The van der Waals surface area contributed by atoms with Gasteiger partial charge in [-0.25, -0.2) is 0 Å². The number of ether oxygens (including phenoxy) is 3. The van der Waals surface area contributed by atoms with E-state index < -0.39 is 0 Å². The molecule has 1 heterocycles. The van der Waals surface area contributed by atoms with Gasteiger partial charge in [0, 0.05) is 29.9 Å². The van der Waals surface area contributed by atoms with Gasteiger partial charge in [0.05, 0.1) is 34.1 Å². The lowest BCUT2D eigenvalue weighted by Crippen LogP contribution is -2.33. The number of nitrogens with zero attached hydrogens (tertiary/aromatic N) is 1. The van der Waals surface area contributed by atoms with Crippen LogP contribution in [0.15, 0.2) is 65.3 Å². The fraction of sp³-hybridized carbons (Fsp3) is 0.227. The third-order valence-corrected chi connectivity index (χ3v) is 4.75. The van der Waals surface area contributed by atoms with Gasteiger partial charge in [-0.2, -0.15) is 0 Å². The number of rotatable bonds is 8. The summed E-state index contributed by atoms with van der Waals surface area (Å²) in [4.78, 5) is 2.01. The van der Waals surface area contributed by atoms with Gasteiger partial charge in [-0.1, -0.05) is 6.07 Å². The van der Waals surface area contributed by atoms with Crippen molar-refractivity contribution in [1.82, 2.24) is 4.90 Å². The zero-order valence-electron chi connectivity index (χ0n) is 16.7. The normalized spacial score (nSPS) is 10.3. The highest BCUT2D eigenvalue weighted by Gasteiger charge is 2.16. The molecule has 0 bridgehead atoms. The van der Waals surface area contributed by atoms with E-state index in [-0.39, 0.29) is 0 Å². The Balaban J connectivity index is 1.83. The van der Waals surface area contributed by atoms with Gasteiger partial charge in [0.2, 0.25) is 0 Å². The van der Waals surface area contributed by atoms with Crippen LogP contribution in [-0.2, 0) is 13.1 Å². The predicted octanol–water partition coefficient (Wildman–Crippen LogP) is 4.70. The van der Waals surface area contributed by atoms with Crippen molar-refractivity contribution < 1.29 is 18.6 Å². The van der Waals surface area contributed by atoms with Gasteiger partial charge in [-0.15, -0.1) is 0 Å². The highest BCUT2D eigenvalue weighted by atomic mass is 32.1. The summed E-state index contributed by atoms with van der Waals surface area (Å²) in [6, 6.07) is 17.1. The first kappa shape index (κ1) is 20.5. The SMILES string of the molecule is COc1cccc(NC(=S)N(Cc2ccco2)Cc2ccc(OC)cc2OC)c1. The van der Waals surface area contributed by atoms with E-state index >= 15 is 0 Å². The van der Waals surface area contributed by atoms with Crippen LogP contribution in [0.4, 0.5) is 5.69 Å². The summed E-state index contributed by atoms with van der Waals surface area (Å²) < 4.78 is 21.7. The molecule has 0 unspecified atom stereocenters. The smallest absolute Gasteiger partial charge is 0.174 e. The van der Waals surface area contributed by atoms with E-state index in [4.69, 9.17) is 30.8 Å². The fourth-order valence-corrected chi connectivity index (χ4v) is 3.13. The Kier molecular flexibility index (Phi) is 6.97. The minimum absolute atomic E-state index is 0.512. The summed E-state index contributed by atoms with van der Waals surface area (Å²) in [5.74, 6) is 3.04. The molecular formula is C22H24N2O4S. The largest absolute Gasteiger partial charge is 0.497 e. The van der Waals surface area contributed by atoms with Crippen molar-refractivity contribution >= 4 is 23.0 Å². The standard InChI is InChI=1S/C22H24N2O4S/c1-25-18-7-4-6-17(12-18)23-22(29)24(15-20-8-5-11-28-20)14-16-9-10-19(26-2)13-21(16)27-3/h4-13H,14-15H2,1-3H3,(H,23,29). The molecule has 0 saturated heterocycles. The Hall–Kier alpha value is -3.19. The van der Waals surface area contributed by atoms with Crippen molar-refractivity contribution in [3.05, 3.63) is 72.2 Å². The maximum absolute atomic E-state index is 5.70. The van der Waals surface area contributed by atoms with E-state index in [9.17, 15) is 0 Å². The van der Waals surface area contributed by atoms with Crippen molar-refractivity contribution in [3.8, 4) is 17.2 Å². The molecule has 3 aromatic rings. The highest BCUT2D eigenvalue weighted by molar-refractivity contribution is 7.80. The van der Waals surface area contributed by atoms with Crippen LogP contribution in [0.5, 0.6) is 17.2 Å². The molecule has 0 atom stereocenters. The minimum atomic E-state index is 0.512. The van der Waals surface area contributed by atoms with E-state index in [1.807, 2.05) is 59.5 Å². The van der Waals surface area contributed by atoms with Gasteiger partial charge in [0.25, 0.3) is 0 Å². The van der Waals surface area contributed by atoms with Crippen LogP contribution in [-0.4, -0.2) is 31.3 Å². The van der Waals surface area contributed by atoms with Crippen LogP contribution in [0.2, 0.25) is 0 Å². The first-order valence-corrected chi connectivity index (χ1v) is 9.47. The predicted molar refractivity (Wildman–Crippen MR) is 117 cm³/mol. The van der Waals surface area contributed by atoms with Gasteiger partial charge >= 0.3 is 0 Å². The number of nitrogens with one attached hydrogen (secondary N) is 1. The second-order valence-corrected chi connectivity index (χ2v) is 6.66. The summed E-state index contributed by atoms with van der Waals surface area (Å²) in [7, 11) is 4.91. The van der Waals surface area contributed by atoms with E-state index in [1.54, 1.807) is 27.6 Å². The van der Waals surface area contributed by atoms with E-state index in [0.717, 1.165) is 34.3 Å². The number of furan rings is 1.